The van der Waals surface area contributed by atoms with E-state index >= 15 is 4.39 Å². The first-order valence-corrected chi connectivity index (χ1v) is 17.0. The van der Waals surface area contributed by atoms with Crippen molar-refractivity contribution in [2.75, 3.05) is 12.4 Å². The zero-order valence-corrected chi connectivity index (χ0v) is 29.2. The van der Waals surface area contributed by atoms with Crippen molar-refractivity contribution >= 4 is 28.8 Å². The summed E-state index contributed by atoms with van der Waals surface area (Å²) in [5.74, 6) is -0.669. The normalized spacial score (nSPS) is 12.2. The Morgan fingerprint density at radius 2 is 1.80 bits per heavy atom. The summed E-state index contributed by atoms with van der Waals surface area (Å²) in [6, 6.07) is 12.3. The number of hydrogen-bond acceptors (Lipinski definition) is 7. The number of aromatic nitrogens is 2. The zero-order chi connectivity index (χ0) is 34.0. The first-order chi connectivity index (χ1) is 21.7. The van der Waals surface area contributed by atoms with Gasteiger partial charge in [0.2, 0.25) is 5.91 Å². The molecule has 0 unspecified atom stereocenters. The van der Waals surface area contributed by atoms with Crippen LogP contribution in [0.25, 0.3) is 11.1 Å². The minimum atomic E-state index is -0.668. The molecule has 0 bridgehead atoms. The van der Waals surface area contributed by atoms with Crippen molar-refractivity contribution < 1.29 is 28.2 Å². The number of halogens is 1. The maximum absolute atomic E-state index is 15.8. The largest absolute Gasteiger partial charge is 0.465 e. The van der Waals surface area contributed by atoms with Gasteiger partial charge in [0.15, 0.2) is 5.12 Å². The zero-order valence-electron chi connectivity index (χ0n) is 28.4. The van der Waals surface area contributed by atoms with Gasteiger partial charge in [-0.05, 0) is 69.2 Å². The number of rotatable bonds is 15. The van der Waals surface area contributed by atoms with Gasteiger partial charge in [-0.3, -0.25) is 14.2 Å². The van der Waals surface area contributed by atoms with Gasteiger partial charge in [-0.25, -0.2) is 9.18 Å². The summed E-state index contributed by atoms with van der Waals surface area (Å²) < 4.78 is 29.2. The summed E-state index contributed by atoms with van der Waals surface area (Å²) >= 11 is 1.16. The highest BCUT2D eigenvalue weighted by atomic mass is 32.2. The van der Waals surface area contributed by atoms with E-state index in [1.165, 1.54) is 13.0 Å². The second-order valence-corrected chi connectivity index (χ2v) is 14.0. The van der Waals surface area contributed by atoms with Crippen molar-refractivity contribution in [2.24, 2.45) is 11.8 Å². The molecule has 1 heterocycles. The molecule has 0 aliphatic carbocycles. The summed E-state index contributed by atoms with van der Waals surface area (Å²) in [4.78, 5) is 42.5. The highest BCUT2D eigenvalue weighted by Gasteiger charge is 2.25. The van der Waals surface area contributed by atoms with Crippen LogP contribution < -0.4 is 10.1 Å². The Labute approximate surface area is 276 Å². The van der Waals surface area contributed by atoms with Crippen molar-refractivity contribution in [3.63, 3.8) is 0 Å². The van der Waals surface area contributed by atoms with Crippen LogP contribution in [-0.2, 0) is 33.8 Å². The first kappa shape index (κ1) is 36.8. The summed E-state index contributed by atoms with van der Waals surface area (Å²) in [5.41, 5.74) is 2.72. The van der Waals surface area contributed by atoms with Crippen LogP contribution in [0.5, 0.6) is 6.01 Å². The SMILES string of the molecule is CCCOc1nc(CC)c(CNC(=O)[C@@H](CSC(C)=O)CC(C)C)n1Cc1ccc(-c2ccccc2C(=O)OC(C)(C)C)cc1F. The number of nitrogens with zero attached hydrogens (tertiary/aromatic N) is 2. The number of esters is 1. The highest BCUT2D eigenvalue weighted by Crippen LogP contribution is 2.29. The number of amides is 1. The molecule has 3 aromatic rings. The molecule has 0 aliphatic rings. The average Bonchev–Trinajstić information content (AvgIpc) is 3.32. The summed E-state index contributed by atoms with van der Waals surface area (Å²) in [7, 11) is 0. The number of hydrogen-bond donors (Lipinski definition) is 1. The maximum Gasteiger partial charge on any atom is 0.339 e. The maximum atomic E-state index is 15.8. The molecule has 10 heteroatoms. The van der Waals surface area contributed by atoms with E-state index in [4.69, 9.17) is 14.5 Å². The topological polar surface area (TPSA) is 99.5 Å². The van der Waals surface area contributed by atoms with Gasteiger partial charge in [-0.2, -0.15) is 4.98 Å². The molecule has 2 aromatic carbocycles. The van der Waals surface area contributed by atoms with Crippen molar-refractivity contribution in [3.05, 3.63) is 70.8 Å². The molecule has 8 nitrogen and oxygen atoms in total. The molecule has 0 aliphatic heterocycles. The minimum absolute atomic E-state index is 0.0213. The highest BCUT2D eigenvalue weighted by molar-refractivity contribution is 8.13. The minimum Gasteiger partial charge on any atom is -0.465 e. The lowest BCUT2D eigenvalue weighted by atomic mass is 9.98. The van der Waals surface area contributed by atoms with E-state index in [0.29, 0.717) is 53.5 Å². The molecule has 3 rings (SSSR count). The molecule has 46 heavy (non-hydrogen) atoms. The molecule has 0 radical (unpaired) electrons. The molecule has 1 aromatic heterocycles. The summed E-state index contributed by atoms with van der Waals surface area (Å²) in [5, 5.41) is 3.04. The van der Waals surface area contributed by atoms with E-state index < -0.39 is 17.4 Å². The Balaban J connectivity index is 1.93. The average molecular weight is 654 g/mol. The number of benzene rings is 2. The molecule has 1 atom stereocenters. The van der Waals surface area contributed by atoms with E-state index in [-0.39, 0.29) is 35.9 Å². The third kappa shape index (κ3) is 10.4. The predicted molar refractivity (Wildman–Crippen MR) is 181 cm³/mol. The number of ether oxygens (including phenoxy) is 2. The van der Waals surface area contributed by atoms with Crippen LogP contribution in [-0.4, -0.2) is 44.5 Å². The molecule has 0 saturated carbocycles. The Morgan fingerprint density at radius 1 is 1.09 bits per heavy atom. The van der Waals surface area contributed by atoms with E-state index in [0.717, 1.165) is 29.6 Å². The van der Waals surface area contributed by atoms with Gasteiger partial charge >= 0.3 is 5.97 Å². The van der Waals surface area contributed by atoms with Gasteiger partial charge in [-0.1, -0.05) is 69.8 Å². The van der Waals surface area contributed by atoms with Gasteiger partial charge in [0.05, 0.1) is 36.6 Å². The fourth-order valence-corrected chi connectivity index (χ4v) is 5.79. The second kappa shape index (κ2) is 16.8. The third-order valence-electron chi connectivity index (χ3n) is 7.17. The van der Waals surface area contributed by atoms with Crippen molar-refractivity contribution in [1.82, 2.24) is 14.9 Å². The van der Waals surface area contributed by atoms with Crippen molar-refractivity contribution in [2.45, 2.75) is 93.3 Å². The van der Waals surface area contributed by atoms with Gasteiger partial charge < -0.3 is 14.8 Å². The number of carbonyl (C=O) groups is 3. The standard InChI is InChI=1S/C36H48FN3O5S/c1-9-17-44-35-39-31(10-2)32(20-38-33(42)27(18-23(3)4)22-46-24(5)41)40(35)21-26-16-15-25(19-30(26)37)28-13-11-12-14-29(28)34(43)45-36(6,7)8/h11-16,19,23,27H,9-10,17-18,20-22H2,1-8H3,(H,38,42)/t27-/m1/s1. The van der Waals surface area contributed by atoms with Crippen LogP contribution in [0.15, 0.2) is 42.5 Å². The van der Waals surface area contributed by atoms with E-state index in [1.807, 2.05) is 18.4 Å². The Kier molecular flexibility index (Phi) is 13.4. The first-order valence-electron chi connectivity index (χ1n) is 16.0. The lowest BCUT2D eigenvalue weighted by Crippen LogP contribution is -2.33. The quantitative estimate of drug-likeness (QED) is 0.169. The lowest BCUT2D eigenvalue weighted by Gasteiger charge is -2.21. The number of carbonyl (C=O) groups excluding carboxylic acids is 3. The summed E-state index contributed by atoms with van der Waals surface area (Å²) in [6.45, 7) is 15.7. The van der Waals surface area contributed by atoms with Crippen LogP contribution >= 0.6 is 11.8 Å². The van der Waals surface area contributed by atoms with Crippen LogP contribution in [0.2, 0.25) is 0 Å². The number of imidazole rings is 1. The van der Waals surface area contributed by atoms with Gasteiger partial charge in [-0.15, -0.1) is 0 Å². The Morgan fingerprint density at radius 3 is 2.41 bits per heavy atom. The fraction of sp³-hybridized carbons (Fsp3) is 0.500. The van der Waals surface area contributed by atoms with Crippen LogP contribution in [0.4, 0.5) is 4.39 Å². The third-order valence-corrected chi connectivity index (χ3v) is 8.15. The van der Waals surface area contributed by atoms with Crippen LogP contribution in [0, 0.1) is 17.7 Å². The molecule has 0 fully saturated rings. The fourth-order valence-electron chi connectivity index (χ4n) is 5.07. The van der Waals surface area contributed by atoms with Crippen LogP contribution in [0.3, 0.4) is 0 Å². The molecule has 1 amide bonds. The Hall–Kier alpha value is -3.66. The molecule has 0 saturated heterocycles. The number of aryl methyl sites for hydroxylation is 1. The molecular formula is C36H48FN3O5S. The van der Waals surface area contributed by atoms with Crippen LogP contribution in [0.1, 0.15) is 95.5 Å². The number of thioether (sulfide) groups is 1. The van der Waals surface area contributed by atoms with Crippen molar-refractivity contribution in [3.8, 4) is 17.1 Å². The Bertz CT molecular complexity index is 1510. The lowest BCUT2D eigenvalue weighted by molar-refractivity contribution is -0.125. The molecule has 250 valence electrons. The van der Waals surface area contributed by atoms with Gasteiger partial charge in [0.1, 0.15) is 11.4 Å². The van der Waals surface area contributed by atoms with E-state index in [2.05, 4.69) is 19.2 Å². The number of nitrogens with one attached hydrogen (secondary N) is 1. The monoisotopic (exact) mass is 653 g/mol. The van der Waals surface area contributed by atoms with Crippen molar-refractivity contribution in [1.29, 1.82) is 0 Å². The summed E-state index contributed by atoms with van der Waals surface area (Å²) in [6.07, 6.45) is 2.02. The predicted octanol–water partition coefficient (Wildman–Crippen LogP) is 7.60. The molecular weight excluding hydrogens is 605 g/mol. The van der Waals surface area contributed by atoms with Gasteiger partial charge in [0, 0.05) is 24.2 Å². The smallest absolute Gasteiger partial charge is 0.339 e. The van der Waals surface area contributed by atoms with E-state index in [9.17, 15) is 14.4 Å². The van der Waals surface area contributed by atoms with E-state index in [1.54, 1.807) is 57.2 Å². The molecule has 0 spiro atoms. The van der Waals surface area contributed by atoms with Gasteiger partial charge in [0.25, 0.3) is 6.01 Å². The molecule has 1 N–H and O–H groups in total. The second-order valence-electron chi connectivity index (χ2n) is 12.8.